The molecule has 0 saturated carbocycles. The van der Waals surface area contributed by atoms with Crippen LogP contribution in [-0.2, 0) is 13.6 Å². The van der Waals surface area contributed by atoms with E-state index in [0.717, 1.165) is 27.6 Å². The molecule has 0 aliphatic heterocycles. The van der Waals surface area contributed by atoms with Crippen molar-refractivity contribution in [3.63, 3.8) is 0 Å². The Kier molecular flexibility index (Phi) is 5.14. The van der Waals surface area contributed by atoms with Crippen molar-refractivity contribution < 1.29 is 9.21 Å². The summed E-state index contributed by atoms with van der Waals surface area (Å²) in [7, 11) is 1.67. The van der Waals surface area contributed by atoms with Crippen molar-refractivity contribution >= 4 is 22.6 Å². The highest BCUT2D eigenvalue weighted by molar-refractivity contribution is 6.05. The Bertz CT molecular complexity index is 1270. The molecule has 0 fully saturated rings. The second-order valence-electron chi connectivity index (χ2n) is 7.32. The first-order valence-electron chi connectivity index (χ1n) is 9.72. The van der Waals surface area contributed by atoms with Crippen molar-refractivity contribution in [3.05, 3.63) is 88.1 Å². The molecule has 2 amide bonds. The second-order valence-corrected chi connectivity index (χ2v) is 7.32. The Morgan fingerprint density at radius 1 is 1.00 bits per heavy atom. The molecule has 4 rings (SSSR count). The zero-order valence-corrected chi connectivity index (χ0v) is 17.2. The van der Waals surface area contributed by atoms with Gasteiger partial charge in [0.15, 0.2) is 0 Å². The number of urea groups is 1. The average Bonchev–Trinajstić information content (AvgIpc) is 3.26. The van der Waals surface area contributed by atoms with Gasteiger partial charge in [-0.2, -0.15) is 0 Å². The number of nitrogens with zero attached hydrogens (tertiary/aromatic N) is 1. The topological polar surface area (TPSA) is 76.3 Å². The van der Waals surface area contributed by atoms with Gasteiger partial charge < -0.3 is 9.73 Å². The van der Waals surface area contributed by atoms with Gasteiger partial charge >= 0.3 is 6.03 Å². The number of hydrogen-bond donors (Lipinski definition) is 2. The van der Waals surface area contributed by atoms with E-state index < -0.39 is 6.03 Å². The molecule has 4 aromatic rings. The van der Waals surface area contributed by atoms with E-state index in [4.69, 9.17) is 4.42 Å². The van der Waals surface area contributed by atoms with E-state index in [1.54, 1.807) is 25.4 Å². The summed E-state index contributed by atoms with van der Waals surface area (Å²) in [4.78, 5) is 25.7. The summed E-state index contributed by atoms with van der Waals surface area (Å²) in [6.45, 7) is 4.26. The van der Waals surface area contributed by atoms with E-state index in [-0.39, 0.29) is 12.1 Å². The van der Waals surface area contributed by atoms with Crippen molar-refractivity contribution in [2.24, 2.45) is 7.05 Å². The van der Waals surface area contributed by atoms with Crippen LogP contribution >= 0.6 is 0 Å². The number of nitrogens with one attached hydrogen (secondary N) is 2. The van der Waals surface area contributed by atoms with Gasteiger partial charge in [0, 0.05) is 18.0 Å². The molecular weight excluding hydrogens is 378 g/mol. The lowest BCUT2D eigenvalue weighted by atomic mass is 9.96. The van der Waals surface area contributed by atoms with Crippen molar-refractivity contribution in [1.29, 1.82) is 0 Å². The summed E-state index contributed by atoms with van der Waals surface area (Å²) in [6.07, 6.45) is 1.56. The number of hydrogen-bond acceptors (Lipinski definition) is 3. The fourth-order valence-corrected chi connectivity index (χ4v) is 3.55. The van der Waals surface area contributed by atoms with E-state index >= 15 is 0 Å². The predicted octanol–water partition coefficient (Wildman–Crippen LogP) is 4.74. The predicted molar refractivity (Wildman–Crippen MR) is 119 cm³/mol. The normalized spacial score (nSPS) is 10.9. The lowest BCUT2D eigenvalue weighted by molar-refractivity contribution is 0.250. The van der Waals surface area contributed by atoms with Crippen LogP contribution in [0.5, 0.6) is 0 Å². The number of aryl methyl sites for hydroxylation is 2. The number of fused-ring (bicyclic) bond motifs is 1. The lowest BCUT2D eigenvalue weighted by Crippen LogP contribution is -2.32. The molecule has 0 aliphatic carbocycles. The first-order chi connectivity index (χ1) is 14.5. The minimum atomic E-state index is -0.415. The maximum Gasteiger partial charge on any atom is 0.320 e. The summed E-state index contributed by atoms with van der Waals surface area (Å²) < 4.78 is 6.75. The molecule has 0 spiro atoms. The monoisotopic (exact) mass is 401 g/mol. The molecule has 30 heavy (non-hydrogen) atoms. The van der Waals surface area contributed by atoms with E-state index in [1.807, 2.05) is 56.3 Å². The molecule has 0 bridgehead atoms. The summed E-state index contributed by atoms with van der Waals surface area (Å²) in [5.41, 5.74) is 3.71. The summed E-state index contributed by atoms with van der Waals surface area (Å²) in [6, 6.07) is 16.8. The van der Waals surface area contributed by atoms with Crippen LogP contribution in [0.25, 0.3) is 21.9 Å². The fourth-order valence-electron chi connectivity index (χ4n) is 3.55. The lowest BCUT2D eigenvalue weighted by Gasteiger charge is -2.19. The van der Waals surface area contributed by atoms with Crippen LogP contribution in [0.2, 0.25) is 0 Å². The SMILES string of the molecule is Cc1cc2c(-c3ccccc3)c(NC(=O)NCc3ccco3)n(C)c(=O)c2cc1C. The highest BCUT2D eigenvalue weighted by Gasteiger charge is 2.19. The van der Waals surface area contributed by atoms with Crippen molar-refractivity contribution in [2.75, 3.05) is 5.32 Å². The fraction of sp³-hybridized carbons (Fsp3) is 0.167. The van der Waals surface area contributed by atoms with Gasteiger partial charge in [-0.25, -0.2) is 4.79 Å². The van der Waals surface area contributed by atoms with Crippen LogP contribution in [0.3, 0.4) is 0 Å². The first kappa shape index (κ1) is 19.5. The molecule has 6 heteroatoms. The molecule has 0 unspecified atom stereocenters. The number of amides is 2. The number of aromatic nitrogens is 1. The number of anilines is 1. The summed E-state index contributed by atoms with van der Waals surface area (Å²) >= 11 is 0. The van der Waals surface area contributed by atoms with Gasteiger partial charge in [0.05, 0.1) is 12.8 Å². The van der Waals surface area contributed by atoms with Crippen LogP contribution in [0.1, 0.15) is 16.9 Å². The van der Waals surface area contributed by atoms with Crippen LogP contribution < -0.4 is 16.2 Å². The first-order valence-corrected chi connectivity index (χ1v) is 9.72. The number of carbonyl (C=O) groups excluding carboxylic acids is 1. The second kappa shape index (κ2) is 7.91. The maximum atomic E-state index is 13.1. The Balaban J connectivity index is 1.85. The molecular formula is C24H23N3O3. The molecule has 6 nitrogen and oxygen atoms in total. The number of carbonyl (C=O) groups is 1. The average molecular weight is 401 g/mol. The molecule has 0 atom stereocenters. The molecule has 2 aromatic carbocycles. The Morgan fingerprint density at radius 2 is 1.70 bits per heavy atom. The van der Waals surface area contributed by atoms with Gasteiger partial charge in [0.2, 0.25) is 0 Å². The zero-order chi connectivity index (χ0) is 21.3. The molecule has 0 saturated heterocycles. The largest absolute Gasteiger partial charge is 0.467 e. The van der Waals surface area contributed by atoms with Gasteiger partial charge in [-0.3, -0.25) is 14.7 Å². The molecule has 152 valence electrons. The van der Waals surface area contributed by atoms with E-state index in [1.165, 1.54) is 4.57 Å². The standard InChI is InChI=1S/C24H23N3O3/c1-15-12-19-20(13-16(15)2)23(28)27(3)22(21(19)17-8-5-4-6-9-17)26-24(29)25-14-18-10-7-11-30-18/h4-13H,14H2,1-3H3,(H2,25,26,29). The van der Waals surface area contributed by atoms with E-state index in [0.29, 0.717) is 17.0 Å². The van der Waals surface area contributed by atoms with E-state index in [9.17, 15) is 9.59 Å². The number of benzene rings is 2. The smallest absolute Gasteiger partial charge is 0.320 e. The maximum absolute atomic E-state index is 13.1. The van der Waals surface area contributed by atoms with Gasteiger partial charge in [-0.05, 0) is 54.1 Å². The van der Waals surface area contributed by atoms with Crippen molar-refractivity contribution in [3.8, 4) is 11.1 Å². The minimum Gasteiger partial charge on any atom is -0.467 e. The number of rotatable bonds is 4. The third-order valence-electron chi connectivity index (χ3n) is 5.31. The third kappa shape index (κ3) is 3.59. The Morgan fingerprint density at radius 3 is 2.37 bits per heavy atom. The van der Waals surface area contributed by atoms with Crippen LogP contribution in [-0.4, -0.2) is 10.6 Å². The minimum absolute atomic E-state index is 0.158. The van der Waals surface area contributed by atoms with Crippen LogP contribution in [0.4, 0.5) is 10.6 Å². The molecule has 2 N–H and O–H groups in total. The third-order valence-corrected chi connectivity index (χ3v) is 5.31. The van der Waals surface area contributed by atoms with Gasteiger partial charge in [0.25, 0.3) is 5.56 Å². The van der Waals surface area contributed by atoms with Gasteiger partial charge in [-0.15, -0.1) is 0 Å². The Hall–Kier alpha value is -3.80. The van der Waals surface area contributed by atoms with E-state index in [2.05, 4.69) is 10.6 Å². The van der Waals surface area contributed by atoms with Crippen LogP contribution in [0, 0.1) is 13.8 Å². The van der Waals surface area contributed by atoms with Crippen LogP contribution in [0.15, 0.2) is 70.1 Å². The highest BCUT2D eigenvalue weighted by atomic mass is 16.3. The molecule has 2 heterocycles. The van der Waals surface area contributed by atoms with Gasteiger partial charge in [-0.1, -0.05) is 36.4 Å². The quantitative estimate of drug-likeness (QED) is 0.519. The molecule has 2 aromatic heterocycles. The highest BCUT2D eigenvalue weighted by Crippen LogP contribution is 2.34. The number of furan rings is 1. The number of pyridine rings is 1. The Labute approximate surface area is 174 Å². The van der Waals surface area contributed by atoms with Crippen molar-refractivity contribution in [1.82, 2.24) is 9.88 Å². The summed E-state index contributed by atoms with van der Waals surface area (Å²) in [5, 5.41) is 7.09. The zero-order valence-electron chi connectivity index (χ0n) is 17.2. The summed E-state index contributed by atoms with van der Waals surface area (Å²) in [5.74, 6) is 1.09. The van der Waals surface area contributed by atoms with Gasteiger partial charge in [0.1, 0.15) is 11.6 Å². The molecule has 0 aliphatic rings. The molecule has 0 radical (unpaired) electrons. The van der Waals surface area contributed by atoms with Crippen molar-refractivity contribution in [2.45, 2.75) is 20.4 Å².